The maximum Gasteiger partial charge on any atom is 0.380 e. The Hall–Kier alpha value is -2.59. The number of rotatable bonds is 5. The fraction of sp³-hybridized carbons (Fsp3) is 0. The first-order valence-corrected chi connectivity index (χ1v) is 5.84. The molecule has 1 N–H and O–H groups in total. The van der Waals surface area contributed by atoms with Gasteiger partial charge < -0.3 is 4.89 Å². The largest absolute Gasteiger partial charge is 0.380 e. The van der Waals surface area contributed by atoms with Gasteiger partial charge in [-0.25, -0.2) is 0 Å². The van der Waals surface area contributed by atoms with Crippen LogP contribution in [0.4, 0.5) is 17.1 Å². The van der Waals surface area contributed by atoms with Gasteiger partial charge in [-0.05, 0) is 5.18 Å². The minimum absolute atomic E-state index is 0.367. The molecule has 0 aliphatic rings. The van der Waals surface area contributed by atoms with Gasteiger partial charge >= 0.3 is 18.9 Å². The van der Waals surface area contributed by atoms with E-state index < -0.39 is 39.7 Å². The lowest BCUT2D eigenvalue weighted by Crippen LogP contribution is -2.07. The highest BCUT2D eigenvalue weighted by molar-refractivity contribution is 7.64. The number of nitroso groups, excluding NO2 is 2. The molecule has 13 heteroatoms. The molecule has 0 radical (unpaired) electrons. The molecule has 12 nitrogen and oxygen atoms in total. The summed E-state index contributed by atoms with van der Waals surface area (Å²) in [6, 6.07) is 0.734. The highest BCUT2D eigenvalue weighted by Gasteiger charge is 2.34. The molecule has 1 unspecified atom stereocenters. The predicted octanol–water partition coefficient (Wildman–Crippen LogP) is 1.48. The number of benzene rings is 1. The summed E-state index contributed by atoms with van der Waals surface area (Å²) in [6.07, 6.45) is 0. The monoisotopic (exact) mass is 290 g/mol. The van der Waals surface area contributed by atoms with E-state index >= 15 is 0 Å². The Balaban J connectivity index is 3.79. The third-order valence-electron chi connectivity index (χ3n) is 1.99. The average molecular weight is 290 g/mol. The van der Waals surface area contributed by atoms with Gasteiger partial charge in [-0.1, -0.05) is 0 Å². The third kappa shape index (κ3) is 2.64. The number of nitrogens with zero attached hydrogens (tertiary/aromatic N) is 4. The zero-order valence-electron chi connectivity index (χ0n) is 8.70. The highest BCUT2D eigenvalue weighted by Crippen LogP contribution is 2.45. The molecule has 100 valence electrons. The molecule has 0 spiro atoms. The van der Waals surface area contributed by atoms with Crippen molar-refractivity contribution in [1.82, 2.24) is 0 Å². The van der Waals surface area contributed by atoms with Gasteiger partial charge in [-0.15, -0.1) is 9.81 Å². The Morgan fingerprint density at radius 2 is 1.53 bits per heavy atom. The molecule has 0 aromatic heterocycles. The molecular formula is C6H3N4O8P. The van der Waals surface area contributed by atoms with E-state index in [1.807, 2.05) is 4.95 Å². The molecule has 0 aliphatic carbocycles. The van der Waals surface area contributed by atoms with Crippen LogP contribution < -0.4 is 5.30 Å². The van der Waals surface area contributed by atoms with Gasteiger partial charge in [-0.3, -0.25) is 24.8 Å². The summed E-state index contributed by atoms with van der Waals surface area (Å²) >= 11 is 0. The van der Waals surface area contributed by atoms with Crippen molar-refractivity contribution in [2.45, 2.75) is 0 Å². The van der Waals surface area contributed by atoms with Crippen LogP contribution in [0.3, 0.4) is 0 Å². The van der Waals surface area contributed by atoms with Crippen LogP contribution in [-0.2, 0) is 4.57 Å². The Morgan fingerprint density at radius 1 is 1.11 bits per heavy atom. The van der Waals surface area contributed by atoms with E-state index in [1.54, 1.807) is 0 Å². The molecule has 0 aliphatic heterocycles. The van der Waals surface area contributed by atoms with Gasteiger partial charge in [0.25, 0.3) is 5.69 Å². The molecule has 0 saturated carbocycles. The summed E-state index contributed by atoms with van der Waals surface area (Å²) < 4.78 is 11.3. The Kier molecular flexibility index (Phi) is 3.77. The number of hydrogen-bond acceptors (Lipinski definition) is 8. The van der Waals surface area contributed by atoms with Crippen LogP contribution in [0.15, 0.2) is 22.3 Å². The van der Waals surface area contributed by atoms with Crippen LogP contribution in [0.1, 0.15) is 0 Å². The average Bonchev–Trinajstić information content (AvgIpc) is 2.36. The summed E-state index contributed by atoms with van der Waals surface area (Å²) in [6.45, 7) is 0. The van der Waals surface area contributed by atoms with E-state index in [1.165, 1.54) is 0 Å². The van der Waals surface area contributed by atoms with E-state index in [9.17, 15) is 34.6 Å². The predicted molar refractivity (Wildman–Crippen MR) is 60.5 cm³/mol. The molecule has 1 rings (SSSR count). The lowest BCUT2D eigenvalue weighted by molar-refractivity contribution is -0.392. The zero-order chi connectivity index (χ0) is 14.8. The molecule has 0 heterocycles. The Labute approximate surface area is 102 Å². The van der Waals surface area contributed by atoms with Gasteiger partial charge in [0.05, 0.1) is 15.2 Å². The summed E-state index contributed by atoms with van der Waals surface area (Å²) in [5.41, 5.74) is -3.46. The second-order valence-electron chi connectivity index (χ2n) is 3.06. The van der Waals surface area contributed by atoms with Crippen LogP contribution >= 0.6 is 7.52 Å². The van der Waals surface area contributed by atoms with E-state index in [-0.39, 0.29) is 0 Å². The highest BCUT2D eigenvalue weighted by atomic mass is 31.2. The maximum atomic E-state index is 11.3. The molecule has 1 aromatic rings. The topological polar surface area (TPSA) is 182 Å². The molecule has 0 saturated heterocycles. The van der Waals surface area contributed by atoms with Gasteiger partial charge in [0.1, 0.15) is 0 Å². The van der Waals surface area contributed by atoms with Crippen molar-refractivity contribution in [2.75, 3.05) is 0 Å². The van der Waals surface area contributed by atoms with Crippen LogP contribution in [0.25, 0.3) is 0 Å². The summed E-state index contributed by atoms with van der Waals surface area (Å²) in [5, 5.41) is 22.5. The van der Waals surface area contributed by atoms with Crippen LogP contribution in [0, 0.1) is 30.0 Å². The molecule has 0 bridgehead atoms. The number of nitro benzene ring substituents is 2. The van der Waals surface area contributed by atoms with E-state index in [4.69, 9.17) is 4.89 Å². The van der Waals surface area contributed by atoms with Crippen LogP contribution in [0.2, 0.25) is 0 Å². The smallest absolute Gasteiger partial charge is 0.323 e. The quantitative estimate of drug-likeness (QED) is 0.365. The van der Waals surface area contributed by atoms with Crippen molar-refractivity contribution < 1.29 is 19.3 Å². The molecule has 1 atom stereocenters. The maximum absolute atomic E-state index is 11.3. The van der Waals surface area contributed by atoms with Crippen molar-refractivity contribution in [3.05, 3.63) is 42.2 Å². The van der Waals surface area contributed by atoms with Crippen LogP contribution in [0.5, 0.6) is 0 Å². The number of nitro groups is 2. The van der Waals surface area contributed by atoms with Crippen molar-refractivity contribution in [1.29, 1.82) is 0 Å². The van der Waals surface area contributed by atoms with Gasteiger partial charge in [0.15, 0.2) is 0 Å². The van der Waals surface area contributed by atoms with Crippen molar-refractivity contribution in [2.24, 2.45) is 10.1 Å². The van der Waals surface area contributed by atoms with Gasteiger partial charge in [0.2, 0.25) is 0 Å². The minimum Gasteiger partial charge on any atom is -0.323 e. The third-order valence-corrected chi connectivity index (χ3v) is 3.14. The Morgan fingerprint density at radius 3 is 1.79 bits per heavy atom. The first kappa shape index (κ1) is 14.5. The van der Waals surface area contributed by atoms with E-state index in [2.05, 4.69) is 5.18 Å². The summed E-state index contributed by atoms with van der Waals surface area (Å²) in [7, 11) is -4.87. The van der Waals surface area contributed by atoms with E-state index in [0.29, 0.717) is 12.1 Å². The lowest BCUT2D eigenvalue weighted by atomic mass is 10.2. The summed E-state index contributed by atoms with van der Waals surface area (Å²) in [5.74, 6) is 0. The molecule has 1 aromatic carbocycles. The first-order valence-electron chi connectivity index (χ1n) is 4.23. The fourth-order valence-corrected chi connectivity index (χ4v) is 1.85. The molecule has 0 amide bonds. The summed E-state index contributed by atoms with van der Waals surface area (Å²) in [4.78, 5) is 50.3. The van der Waals surface area contributed by atoms with Crippen molar-refractivity contribution in [3.63, 3.8) is 0 Å². The first-order chi connectivity index (χ1) is 8.74. The molecule has 19 heavy (non-hydrogen) atoms. The zero-order valence-corrected chi connectivity index (χ0v) is 9.59. The Bertz CT molecular complexity index is 607. The SMILES string of the molecule is O=Nc1c([N+](=O)[O-])cc(P(=O)(O)N=O)cc1[N+](=O)[O-]. The van der Waals surface area contributed by atoms with Gasteiger partial charge in [-0.2, -0.15) is 0 Å². The number of hydrogen-bond donors (Lipinski definition) is 1. The van der Waals surface area contributed by atoms with Crippen molar-refractivity contribution >= 4 is 29.9 Å². The normalized spacial score (nSPS) is 13.3. The van der Waals surface area contributed by atoms with Gasteiger partial charge in [0, 0.05) is 17.1 Å². The van der Waals surface area contributed by atoms with Crippen LogP contribution in [-0.4, -0.2) is 14.7 Å². The second kappa shape index (κ2) is 4.96. The molecule has 0 fully saturated rings. The standard InChI is InChI=1S/C6H3N4O8P/c11-7-6-4(9(13)14)1-3(19(17,18)8-12)2-5(6)10(15)16/h1-2H,(H,17,18). The van der Waals surface area contributed by atoms with E-state index in [0.717, 1.165) is 0 Å². The second-order valence-corrected chi connectivity index (χ2v) is 4.83. The lowest BCUT2D eigenvalue weighted by Gasteiger charge is -2.03. The minimum atomic E-state index is -4.87. The fourth-order valence-electron chi connectivity index (χ4n) is 1.18. The van der Waals surface area contributed by atoms with Crippen molar-refractivity contribution in [3.8, 4) is 0 Å². The molecular weight excluding hydrogens is 287 g/mol.